The maximum atomic E-state index is 12.6. The lowest BCUT2D eigenvalue weighted by atomic mass is 9.97. The van der Waals surface area contributed by atoms with Crippen LogP contribution < -0.4 is 27.4 Å². The van der Waals surface area contributed by atoms with Crippen molar-refractivity contribution in [1.82, 2.24) is 16.0 Å². The fourth-order valence-electron chi connectivity index (χ4n) is 2.21. The van der Waals surface area contributed by atoms with Crippen molar-refractivity contribution in [3.63, 3.8) is 0 Å². The fraction of sp³-hybridized carbons (Fsp3) is 0.688. The molecule has 8 N–H and O–H groups in total. The molecule has 0 aromatic heterocycles. The van der Waals surface area contributed by atoms with E-state index in [0.717, 1.165) is 0 Å². The first-order chi connectivity index (χ1) is 13.1. The van der Waals surface area contributed by atoms with Crippen molar-refractivity contribution >= 4 is 42.2 Å². The average Bonchev–Trinajstić information content (AvgIpc) is 2.65. The van der Waals surface area contributed by atoms with Gasteiger partial charge in [0.25, 0.3) is 0 Å². The second-order valence-corrected chi connectivity index (χ2v) is 6.65. The van der Waals surface area contributed by atoms with Gasteiger partial charge in [-0.05, 0) is 12.3 Å². The summed E-state index contributed by atoms with van der Waals surface area (Å²) in [6, 6.07) is -3.39. The molecule has 0 heterocycles. The quantitative estimate of drug-likeness (QED) is 0.163. The van der Waals surface area contributed by atoms with Crippen LogP contribution in [-0.4, -0.2) is 65.1 Å². The molecule has 0 saturated carbocycles. The molecule has 0 bridgehead atoms. The largest absolute Gasteiger partial charge is 0.480 e. The van der Waals surface area contributed by atoms with Crippen molar-refractivity contribution in [1.29, 1.82) is 0 Å². The maximum Gasteiger partial charge on any atom is 0.327 e. The van der Waals surface area contributed by atoms with Crippen molar-refractivity contribution in [3.05, 3.63) is 0 Å². The molecule has 0 saturated heterocycles. The van der Waals surface area contributed by atoms with E-state index in [4.69, 9.17) is 16.6 Å². The third kappa shape index (κ3) is 9.04. The van der Waals surface area contributed by atoms with Crippen LogP contribution in [0.1, 0.15) is 33.1 Å². The summed E-state index contributed by atoms with van der Waals surface area (Å²) < 4.78 is 0. The normalized spacial score (nSPS) is 14.9. The van der Waals surface area contributed by atoms with Gasteiger partial charge in [-0.1, -0.05) is 20.3 Å². The van der Waals surface area contributed by atoms with Gasteiger partial charge in [0.2, 0.25) is 23.6 Å². The lowest BCUT2D eigenvalue weighted by molar-refractivity contribution is -0.142. The summed E-state index contributed by atoms with van der Waals surface area (Å²) >= 11 is 3.88. The van der Waals surface area contributed by atoms with Gasteiger partial charge in [-0.15, -0.1) is 0 Å². The Kier molecular flexibility index (Phi) is 11.9. The molecule has 0 aliphatic carbocycles. The van der Waals surface area contributed by atoms with Crippen LogP contribution in [0.2, 0.25) is 0 Å². The van der Waals surface area contributed by atoms with Crippen LogP contribution in [0.25, 0.3) is 0 Å². The number of amides is 4. The summed E-state index contributed by atoms with van der Waals surface area (Å²) in [4.78, 5) is 58.8. The highest BCUT2D eigenvalue weighted by Crippen LogP contribution is 2.10. The molecule has 160 valence electrons. The lowest BCUT2D eigenvalue weighted by Crippen LogP contribution is -2.58. The summed E-state index contributed by atoms with van der Waals surface area (Å²) in [5, 5.41) is 16.3. The van der Waals surface area contributed by atoms with Crippen LogP contribution in [0.4, 0.5) is 0 Å². The Morgan fingerprint density at radius 2 is 1.64 bits per heavy atom. The Morgan fingerprint density at radius 3 is 2.07 bits per heavy atom. The van der Waals surface area contributed by atoms with Crippen LogP contribution >= 0.6 is 12.6 Å². The zero-order chi connectivity index (χ0) is 21.9. The van der Waals surface area contributed by atoms with Gasteiger partial charge < -0.3 is 32.5 Å². The number of nitrogens with two attached hydrogens (primary N) is 2. The number of carbonyl (C=O) groups is 5. The smallest absolute Gasteiger partial charge is 0.327 e. The second kappa shape index (κ2) is 12.9. The number of thiol groups is 1. The maximum absolute atomic E-state index is 12.6. The minimum atomic E-state index is -1.26. The van der Waals surface area contributed by atoms with Gasteiger partial charge in [0.1, 0.15) is 18.1 Å². The molecule has 0 rings (SSSR count). The predicted molar refractivity (Wildman–Crippen MR) is 104 cm³/mol. The van der Waals surface area contributed by atoms with Crippen LogP contribution in [0.15, 0.2) is 0 Å². The van der Waals surface area contributed by atoms with E-state index in [1.807, 2.05) is 0 Å². The molecule has 4 unspecified atom stereocenters. The zero-order valence-corrected chi connectivity index (χ0v) is 16.8. The molecule has 0 aromatic rings. The minimum absolute atomic E-state index is 0.0733. The number of nitrogens with one attached hydrogen (secondary N) is 3. The molecule has 11 nitrogen and oxygen atoms in total. The van der Waals surface area contributed by atoms with Crippen molar-refractivity contribution in [2.24, 2.45) is 17.4 Å². The Hall–Kier alpha value is -2.34. The molecular formula is C16H29N5O6S. The molecule has 0 aliphatic rings. The van der Waals surface area contributed by atoms with E-state index in [2.05, 4.69) is 28.6 Å². The average molecular weight is 420 g/mol. The van der Waals surface area contributed by atoms with E-state index >= 15 is 0 Å². The van der Waals surface area contributed by atoms with E-state index < -0.39 is 47.7 Å². The number of carbonyl (C=O) groups excluding carboxylic acids is 4. The van der Waals surface area contributed by atoms with Crippen LogP contribution in [-0.2, 0) is 24.0 Å². The molecule has 0 spiro atoms. The number of carboxylic acid groups (broad SMARTS) is 1. The van der Waals surface area contributed by atoms with Gasteiger partial charge in [-0.25, -0.2) is 4.79 Å². The monoisotopic (exact) mass is 419 g/mol. The Bertz CT molecular complexity index is 588. The summed E-state index contributed by atoms with van der Waals surface area (Å²) in [6.07, 6.45) is 0.276. The van der Waals surface area contributed by atoms with E-state index in [1.165, 1.54) is 0 Å². The second-order valence-electron chi connectivity index (χ2n) is 6.28. The highest BCUT2D eigenvalue weighted by molar-refractivity contribution is 7.80. The third-order valence-electron chi connectivity index (χ3n) is 4.11. The summed E-state index contributed by atoms with van der Waals surface area (Å²) in [5.41, 5.74) is 10.3. The molecule has 0 aliphatic heterocycles. The first-order valence-corrected chi connectivity index (χ1v) is 9.42. The molecule has 4 atom stereocenters. The lowest BCUT2D eigenvalue weighted by Gasteiger charge is -2.27. The van der Waals surface area contributed by atoms with Crippen LogP contribution in [0, 0.1) is 5.92 Å². The summed E-state index contributed by atoms with van der Waals surface area (Å²) in [6.45, 7) is 3.14. The van der Waals surface area contributed by atoms with E-state index in [1.54, 1.807) is 13.8 Å². The molecule has 28 heavy (non-hydrogen) atoms. The minimum Gasteiger partial charge on any atom is -0.480 e. The van der Waals surface area contributed by atoms with Gasteiger partial charge in [-0.2, -0.15) is 12.6 Å². The highest BCUT2D eigenvalue weighted by atomic mass is 32.1. The molecule has 4 amide bonds. The molecule has 0 fully saturated rings. The van der Waals surface area contributed by atoms with E-state index in [0.29, 0.717) is 6.42 Å². The highest BCUT2D eigenvalue weighted by Gasteiger charge is 2.31. The van der Waals surface area contributed by atoms with Crippen molar-refractivity contribution in [2.75, 3.05) is 12.3 Å². The first-order valence-electron chi connectivity index (χ1n) is 8.79. The van der Waals surface area contributed by atoms with Gasteiger partial charge >= 0.3 is 5.97 Å². The topological polar surface area (TPSA) is 194 Å². The standard InChI is InChI=1S/C16H29N5O6S/c1-3-8(2)13(15(25)20-10(7-28)16(26)27)21-14(24)9(4-5-11(18)22)19-12(23)6-17/h8-10,13,28H,3-7,17H2,1-2H3,(H2,18,22)(H,19,23)(H,20,25)(H,21,24)(H,26,27). The fourth-order valence-corrected chi connectivity index (χ4v) is 2.46. The molecule has 0 radical (unpaired) electrons. The third-order valence-corrected chi connectivity index (χ3v) is 4.47. The van der Waals surface area contributed by atoms with Crippen LogP contribution in [0.3, 0.4) is 0 Å². The van der Waals surface area contributed by atoms with E-state index in [9.17, 15) is 24.0 Å². The van der Waals surface area contributed by atoms with Gasteiger partial charge in [-0.3, -0.25) is 19.2 Å². The number of aliphatic carboxylic acids is 1. The predicted octanol–water partition coefficient (Wildman–Crippen LogP) is -2.27. The SMILES string of the molecule is CCC(C)C(NC(=O)C(CCC(N)=O)NC(=O)CN)C(=O)NC(CS)C(=O)O. The van der Waals surface area contributed by atoms with E-state index in [-0.39, 0.29) is 31.1 Å². The van der Waals surface area contributed by atoms with Gasteiger partial charge in [0.15, 0.2) is 0 Å². The number of hydrogen-bond donors (Lipinski definition) is 7. The van der Waals surface area contributed by atoms with Gasteiger partial charge in [0, 0.05) is 12.2 Å². The zero-order valence-electron chi connectivity index (χ0n) is 15.9. The number of primary amides is 1. The first kappa shape index (κ1) is 25.7. The summed E-state index contributed by atoms with van der Waals surface area (Å²) in [5.74, 6) is -4.39. The number of hydrogen-bond acceptors (Lipinski definition) is 7. The van der Waals surface area contributed by atoms with Crippen LogP contribution in [0.5, 0.6) is 0 Å². The molecular weight excluding hydrogens is 390 g/mol. The number of rotatable bonds is 13. The Labute approximate surface area is 168 Å². The molecule has 12 heteroatoms. The molecule has 0 aromatic carbocycles. The summed E-state index contributed by atoms with van der Waals surface area (Å²) in [7, 11) is 0. The van der Waals surface area contributed by atoms with Gasteiger partial charge in [0.05, 0.1) is 6.54 Å². The Balaban J connectivity index is 5.35. The van der Waals surface area contributed by atoms with Crippen molar-refractivity contribution in [3.8, 4) is 0 Å². The van der Waals surface area contributed by atoms with Crippen molar-refractivity contribution < 1.29 is 29.1 Å². The van der Waals surface area contributed by atoms with Crippen molar-refractivity contribution in [2.45, 2.75) is 51.2 Å². The Morgan fingerprint density at radius 1 is 1.04 bits per heavy atom. The number of carboxylic acids is 1.